The summed E-state index contributed by atoms with van der Waals surface area (Å²) >= 11 is 4.28. The predicted octanol–water partition coefficient (Wildman–Crippen LogP) is 1.77. The monoisotopic (exact) mass is 232 g/mol. The van der Waals surface area contributed by atoms with Crippen LogP contribution in [0.2, 0.25) is 0 Å². The van der Waals surface area contributed by atoms with Gasteiger partial charge in [0.25, 0.3) is 0 Å². The highest BCUT2D eigenvalue weighted by atomic mass is 32.1. The molecule has 1 amide bonds. The zero-order valence-electron chi connectivity index (χ0n) is 9.69. The van der Waals surface area contributed by atoms with Crippen LogP contribution >= 0.6 is 12.8 Å². The molecule has 0 atom stereocenters. The van der Waals surface area contributed by atoms with Crippen LogP contribution in [0.25, 0.3) is 0 Å². The Morgan fingerprint density at radius 3 is 2.47 bits per heavy atom. The van der Waals surface area contributed by atoms with Crippen molar-refractivity contribution < 1.29 is 9.53 Å². The van der Waals surface area contributed by atoms with Gasteiger partial charge in [-0.3, -0.25) is 4.31 Å². The minimum absolute atomic E-state index is 0.217. The molecule has 0 unspecified atom stereocenters. The summed E-state index contributed by atoms with van der Waals surface area (Å²) in [6, 6.07) is 0. The Morgan fingerprint density at radius 2 is 1.87 bits per heavy atom. The molecule has 0 spiro atoms. The third-order valence-corrected chi connectivity index (χ3v) is 2.52. The van der Waals surface area contributed by atoms with E-state index in [1.54, 1.807) is 4.90 Å². The minimum Gasteiger partial charge on any atom is -0.444 e. The molecule has 1 aliphatic rings. The summed E-state index contributed by atoms with van der Waals surface area (Å²) in [5.74, 6) is 0. The molecular weight excluding hydrogens is 212 g/mol. The Labute approximate surface area is 97.1 Å². The number of thiol groups is 1. The highest BCUT2D eigenvalue weighted by molar-refractivity contribution is 7.77. The Balaban J connectivity index is 2.45. The summed E-state index contributed by atoms with van der Waals surface area (Å²) in [5, 5.41) is 0. The van der Waals surface area contributed by atoms with Gasteiger partial charge in [-0.2, -0.15) is 0 Å². The maximum Gasteiger partial charge on any atom is 0.410 e. The first-order valence-electron chi connectivity index (χ1n) is 5.30. The first-order chi connectivity index (χ1) is 6.88. The predicted molar refractivity (Wildman–Crippen MR) is 63.0 cm³/mol. The van der Waals surface area contributed by atoms with Crippen molar-refractivity contribution in [2.75, 3.05) is 26.2 Å². The van der Waals surface area contributed by atoms with E-state index in [1.807, 2.05) is 25.1 Å². The van der Waals surface area contributed by atoms with E-state index in [9.17, 15) is 4.79 Å². The van der Waals surface area contributed by atoms with Crippen molar-refractivity contribution in [1.82, 2.24) is 9.21 Å². The molecule has 15 heavy (non-hydrogen) atoms. The molecule has 0 N–H and O–H groups in total. The maximum absolute atomic E-state index is 11.7. The van der Waals surface area contributed by atoms with E-state index in [0.717, 1.165) is 26.1 Å². The largest absolute Gasteiger partial charge is 0.444 e. The molecular formula is C10H20N2O2S. The number of amides is 1. The molecule has 0 aromatic heterocycles. The number of hydrogen-bond donors (Lipinski definition) is 1. The summed E-state index contributed by atoms with van der Waals surface area (Å²) < 4.78 is 7.25. The SMILES string of the molecule is CC(C)(C)OC(=O)N1CCCN(S)CC1. The maximum atomic E-state index is 11.7. The van der Waals surface area contributed by atoms with Crippen molar-refractivity contribution in [2.24, 2.45) is 0 Å². The average molecular weight is 232 g/mol. The number of carbonyl (C=O) groups is 1. The number of nitrogens with zero attached hydrogens (tertiary/aromatic N) is 2. The van der Waals surface area contributed by atoms with Gasteiger partial charge in [0.1, 0.15) is 5.60 Å². The van der Waals surface area contributed by atoms with Crippen LogP contribution in [0.5, 0.6) is 0 Å². The van der Waals surface area contributed by atoms with Crippen molar-refractivity contribution in [3.63, 3.8) is 0 Å². The lowest BCUT2D eigenvalue weighted by Gasteiger charge is -2.26. The molecule has 0 saturated carbocycles. The van der Waals surface area contributed by atoms with Gasteiger partial charge in [-0.15, -0.1) is 0 Å². The summed E-state index contributed by atoms with van der Waals surface area (Å²) in [5.41, 5.74) is -0.413. The van der Waals surface area contributed by atoms with Gasteiger partial charge < -0.3 is 9.64 Å². The van der Waals surface area contributed by atoms with Gasteiger partial charge >= 0.3 is 6.09 Å². The van der Waals surface area contributed by atoms with Gasteiger partial charge in [0.05, 0.1) is 0 Å². The van der Waals surface area contributed by atoms with Crippen LogP contribution in [-0.2, 0) is 4.74 Å². The smallest absolute Gasteiger partial charge is 0.410 e. The van der Waals surface area contributed by atoms with Crippen LogP contribution in [0.4, 0.5) is 4.79 Å². The fourth-order valence-electron chi connectivity index (χ4n) is 1.41. The summed E-state index contributed by atoms with van der Waals surface area (Å²) in [4.78, 5) is 13.5. The van der Waals surface area contributed by atoms with Crippen molar-refractivity contribution in [1.29, 1.82) is 0 Å². The van der Waals surface area contributed by atoms with E-state index < -0.39 is 5.60 Å². The topological polar surface area (TPSA) is 32.8 Å². The number of carbonyl (C=O) groups excluding carboxylic acids is 1. The fourth-order valence-corrected chi connectivity index (χ4v) is 1.64. The fraction of sp³-hybridized carbons (Fsp3) is 0.900. The van der Waals surface area contributed by atoms with Gasteiger partial charge in [0.2, 0.25) is 0 Å². The Kier molecular flexibility index (Phi) is 4.28. The molecule has 5 heteroatoms. The van der Waals surface area contributed by atoms with Gasteiger partial charge in [-0.05, 0) is 27.2 Å². The highest BCUT2D eigenvalue weighted by Crippen LogP contribution is 2.12. The van der Waals surface area contributed by atoms with Gasteiger partial charge in [-0.1, -0.05) is 12.8 Å². The van der Waals surface area contributed by atoms with Crippen LogP contribution in [0.1, 0.15) is 27.2 Å². The minimum atomic E-state index is -0.413. The van der Waals surface area contributed by atoms with Crippen LogP contribution in [-0.4, -0.2) is 47.1 Å². The normalized spacial score (nSPS) is 19.9. The lowest BCUT2D eigenvalue weighted by molar-refractivity contribution is 0.0261. The molecule has 0 bridgehead atoms. The van der Waals surface area contributed by atoms with Crippen LogP contribution in [0.15, 0.2) is 0 Å². The van der Waals surface area contributed by atoms with E-state index in [2.05, 4.69) is 12.8 Å². The lowest BCUT2D eigenvalue weighted by Crippen LogP contribution is -2.38. The first-order valence-corrected chi connectivity index (χ1v) is 5.70. The zero-order valence-corrected chi connectivity index (χ0v) is 10.6. The van der Waals surface area contributed by atoms with Crippen molar-refractivity contribution >= 4 is 18.9 Å². The molecule has 1 aliphatic heterocycles. The first kappa shape index (κ1) is 12.6. The lowest BCUT2D eigenvalue weighted by atomic mass is 10.2. The van der Waals surface area contributed by atoms with Crippen LogP contribution in [0.3, 0.4) is 0 Å². The van der Waals surface area contributed by atoms with Gasteiger partial charge in [-0.25, -0.2) is 4.79 Å². The van der Waals surface area contributed by atoms with Crippen molar-refractivity contribution in [3.8, 4) is 0 Å². The van der Waals surface area contributed by atoms with Crippen molar-refractivity contribution in [2.45, 2.75) is 32.8 Å². The molecule has 1 fully saturated rings. The number of rotatable bonds is 0. The van der Waals surface area contributed by atoms with Crippen LogP contribution < -0.4 is 0 Å². The standard InChI is InChI=1S/C10H20N2O2S/c1-10(2,3)14-9(13)11-5-4-6-12(15)8-7-11/h15H,4-8H2,1-3H3. The van der Waals surface area contributed by atoms with Gasteiger partial charge in [0.15, 0.2) is 0 Å². The second-order valence-corrected chi connectivity index (χ2v) is 5.34. The second kappa shape index (κ2) is 5.07. The quantitative estimate of drug-likeness (QED) is 0.646. The third kappa shape index (κ3) is 4.75. The molecule has 0 aliphatic carbocycles. The molecule has 88 valence electrons. The molecule has 1 rings (SSSR count). The molecule has 1 saturated heterocycles. The molecule has 0 aromatic carbocycles. The second-order valence-electron chi connectivity index (χ2n) is 4.77. The van der Waals surface area contributed by atoms with E-state index in [-0.39, 0.29) is 6.09 Å². The van der Waals surface area contributed by atoms with Gasteiger partial charge in [0, 0.05) is 26.2 Å². The number of hydrogen-bond acceptors (Lipinski definition) is 4. The molecule has 4 nitrogen and oxygen atoms in total. The average Bonchev–Trinajstić information content (AvgIpc) is 2.26. The van der Waals surface area contributed by atoms with E-state index in [4.69, 9.17) is 4.74 Å². The van der Waals surface area contributed by atoms with E-state index in [1.165, 1.54) is 0 Å². The van der Waals surface area contributed by atoms with E-state index >= 15 is 0 Å². The van der Waals surface area contributed by atoms with Crippen LogP contribution in [0, 0.1) is 0 Å². The number of ether oxygens (including phenoxy) is 1. The Hall–Kier alpha value is -0.420. The third-order valence-electron chi connectivity index (χ3n) is 2.12. The Morgan fingerprint density at radius 1 is 1.20 bits per heavy atom. The highest BCUT2D eigenvalue weighted by Gasteiger charge is 2.23. The molecule has 1 heterocycles. The van der Waals surface area contributed by atoms with Crippen molar-refractivity contribution in [3.05, 3.63) is 0 Å². The summed E-state index contributed by atoms with van der Waals surface area (Å²) in [6.07, 6.45) is 0.731. The summed E-state index contributed by atoms with van der Waals surface area (Å²) in [7, 11) is 0. The van der Waals surface area contributed by atoms with E-state index in [0.29, 0.717) is 6.54 Å². The zero-order chi connectivity index (χ0) is 11.5. The molecule has 0 radical (unpaired) electrons. The molecule has 0 aromatic rings. The summed E-state index contributed by atoms with van der Waals surface area (Å²) in [6.45, 7) is 8.81. The Bertz CT molecular complexity index is 228.